The molecule has 0 bridgehead atoms. The molecular formula is C9H16N2O2. The van der Waals surface area contributed by atoms with Gasteiger partial charge in [0.2, 0.25) is 5.91 Å². The maximum atomic E-state index is 10.6. The van der Waals surface area contributed by atoms with E-state index in [-0.39, 0.29) is 5.91 Å². The van der Waals surface area contributed by atoms with Crippen LogP contribution in [-0.2, 0) is 9.53 Å². The maximum Gasteiger partial charge on any atom is 0.216 e. The van der Waals surface area contributed by atoms with Gasteiger partial charge in [-0.05, 0) is 0 Å². The molecule has 2 heterocycles. The van der Waals surface area contributed by atoms with Gasteiger partial charge in [-0.1, -0.05) is 0 Å². The molecule has 13 heavy (non-hydrogen) atoms. The van der Waals surface area contributed by atoms with Crippen molar-refractivity contribution in [2.75, 3.05) is 39.4 Å². The zero-order chi connectivity index (χ0) is 9.31. The fourth-order valence-electron chi connectivity index (χ4n) is 2.02. The van der Waals surface area contributed by atoms with Crippen LogP contribution in [0.5, 0.6) is 0 Å². The third-order valence-corrected chi connectivity index (χ3v) is 2.74. The van der Waals surface area contributed by atoms with Crippen molar-refractivity contribution in [3.63, 3.8) is 0 Å². The van der Waals surface area contributed by atoms with Crippen molar-refractivity contribution in [2.45, 2.75) is 6.92 Å². The summed E-state index contributed by atoms with van der Waals surface area (Å²) in [6, 6.07) is 0. The molecule has 4 nitrogen and oxygen atoms in total. The van der Waals surface area contributed by atoms with E-state index in [0.29, 0.717) is 5.41 Å². The highest BCUT2D eigenvalue weighted by Crippen LogP contribution is 2.36. The predicted octanol–water partition coefficient (Wildman–Crippen LogP) is -0.545. The Labute approximate surface area is 78.2 Å². The Balaban J connectivity index is 1.56. The van der Waals surface area contributed by atoms with Crippen LogP contribution in [-0.4, -0.2) is 50.2 Å². The number of carbonyl (C=O) groups excluding carboxylic acids is 1. The molecule has 1 amide bonds. The van der Waals surface area contributed by atoms with Gasteiger partial charge in [0.25, 0.3) is 0 Å². The van der Waals surface area contributed by atoms with E-state index in [1.165, 1.54) is 0 Å². The summed E-state index contributed by atoms with van der Waals surface area (Å²) < 4.78 is 5.17. The van der Waals surface area contributed by atoms with Crippen LogP contribution in [0.25, 0.3) is 0 Å². The van der Waals surface area contributed by atoms with E-state index in [4.69, 9.17) is 4.74 Å². The topological polar surface area (TPSA) is 41.6 Å². The number of likely N-dealkylation sites (tertiary alicyclic amines) is 1. The van der Waals surface area contributed by atoms with E-state index in [1.54, 1.807) is 6.92 Å². The largest absolute Gasteiger partial charge is 0.380 e. The highest BCUT2D eigenvalue weighted by molar-refractivity contribution is 5.72. The molecule has 0 aliphatic carbocycles. The fraction of sp³-hybridized carbons (Fsp3) is 0.889. The van der Waals surface area contributed by atoms with Gasteiger partial charge in [0, 0.05) is 38.5 Å². The number of hydrogen-bond donors (Lipinski definition) is 1. The smallest absolute Gasteiger partial charge is 0.216 e. The monoisotopic (exact) mass is 184 g/mol. The number of nitrogens with zero attached hydrogens (tertiary/aromatic N) is 1. The average molecular weight is 184 g/mol. The molecule has 0 saturated carbocycles. The van der Waals surface area contributed by atoms with E-state index in [1.807, 2.05) is 0 Å². The second-order valence-electron chi connectivity index (χ2n) is 4.19. The highest BCUT2D eigenvalue weighted by atomic mass is 16.5. The van der Waals surface area contributed by atoms with Crippen LogP contribution < -0.4 is 5.32 Å². The molecule has 0 aromatic rings. The van der Waals surface area contributed by atoms with Crippen molar-refractivity contribution in [2.24, 2.45) is 5.41 Å². The molecule has 0 aromatic heterocycles. The normalized spacial score (nSPS) is 25.0. The van der Waals surface area contributed by atoms with Crippen molar-refractivity contribution in [3.05, 3.63) is 0 Å². The van der Waals surface area contributed by atoms with E-state index in [9.17, 15) is 4.79 Å². The third-order valence-electron chi connectivity index (χ3n) is 2.74. The van der Waals surface area contributed by atoms with Gasteiger partial charge in [0.15, 0.2) is 0 Å². The van der Waals surface area contributed by atoms with Crippen molar-refractivity contribution in [1.82, 2.24) is 10.2 Å². The van der Waals surface area contributed by atoms with Gasteiger partial charge < -0.3 is 15.0 Å². The van der Waals surface area contributed by atoms with Gasteiger partial charge >= 0.3 is 0 Å². The van der Waals surface area contributed by atoms with Gasteiger partial charge in [-0.2, -0.15) is 0 Å². The fourth-order valence-corrected chi connectivity index (χ4v) is 2.02. The first-order valence-corrected chi connectivity index (χ1v) is 4.75. The Kier molecular flexibility index (Phi) is 2.26. The van der Waals surface area contributed by atoms with Gasteiger partial charge in [-0.25, -0.2) is 0 Å². The Morgan fingerprint density at radius 1 is 1.54 bits per heavy atom. The number of nitrogens with one attached hydrogen (secondary N) is 1. The molecule has 0 aromatic carbocycles. The first-order chi connectivity index (χ1) is 6.20. The summed E-state index contributed by atoms with van der Waals surface area (Å²) in [6.45, 7) is 7.46. The summed E-state index contributed by atoms with van der Waals surface area (Å²) in [7, 11) is 0. The summed E-state index contributed by atoms with van der Waals surface area (Å²) in [5.41, 5.74) is 0.496. The molecule has 2 rings (SSSR count). The first kappa shape index (κ1) is 8.97. The Morgan fingerprint density at radius 3 is 2.69 bits per heavy atom. The van der Waals surface area contributed by atoms with Gasteiger partial charge in [-0.15, -0.1) is 0 Å². The number of carbonyl (C=O) groups is 1. The van der Waals surface area contributed by atoms with E-state index >= 15 is 0 Å². The van der Waals surface area contributed by atoms with Crippen LogP contribution in [0.4, 0.5) is 0 Å². The third kappa shape index (κ3) is 1.84. The van der Waals surface area contributed by atoms with E-state index in [2.05, 4.69) is 10.2 Å². The average Bonchev–Trinajstić information content (AvgIpc) is 1.89. The minimum atomic E-state index is 0.0576. The lowest BCUT2D eigenvalue weighted by Gasteiger charge is -2.55. The SMILES string of the molecule is CC(=O)NCCN1CC2(COC2)C1. The maximum absolute atomic E-state index is 10.6. The zero-order valence-electron chi connectivity index (χ0n) is 8.01. The highest BCUT2D eigenvalue weighted by Gasteiger charge is 2.48. The minimum absolute atomic E-state index is 0.0576. The molecule has 4 heteroatoms. The molecule has 2 aliphatic rings. The van der Waals surface area contributed by atoms with Gasteiger partial charge in [0.1, 0.15) is 0 Å². The molecule has 1 spiro atoms. The summed E-state index contributed by atoms with van der Waals surface area (Å²) in [6.07, 6.45) is 0. The number of ether oxygens (including phenoxy) is 1. The van der Waals surface area contributed by atoms with E-state index in [0.717, 1.165) is 39.4 Å². The molecule has 74 valence electrons. The quantitative estimate of drug-likeness (QED) is 0.640. The minimum Gasteiger partial charge on any atom is -0.380 e. The van der Waals surface area contributed by atoms with Crippen LogP contribution in [0.3, 0.4) is 0 Å². The number of amides is 1. The lowest BCUT2D eigenvalue weighted by Crippen LogP contribution is -2.66. The first-order valence-electron chi connectivity index (χ1n) is 4.75. The number of rotatable bonds is 3. The molecule has 1 N–H and O–H groups in total. The van der Waals surface area contributed by atoms with Crippen LogP contribution >= 0.6 is 0 Å². The van der Waals surface area contributed by atoms with Crippen molar-refractivity contribution < 1.29 is 9.53 Å². The van der Waals surface area contributed by atoms with Crippen LogP contribution in [0.1, 0.15) is 6.92 Å². The van der Waals surface area contributed by atoms with Crippen molar-refractivity contribution >= 4 is 5.91 Å². The van der Waals surface area contributed by atoms with Crippen LogP contribution in [0, 0.1) is 5.41 Å². The Morgan fingerprint density at radius 2 is 2.23 bits per heavy atom. The summed E-state index contributed by atoms with van der Waals surface area (Å²) in [5, 5.41) is 2.80. The van der Waals surface area contributed by atoms with Crippen molar-refractivity contribution in [3.8, 4) is 0 Å². The number of hydrogen-bond acceptors (Lipinski definition) is 3. The predicted molar refractivity (Wildman–Crippen MR) is 48.4 cm³/mol. The van der Waals surface area contributed by atoms with Gasteiger partial charge in [0.05, 0.1) is 13.2 Å². The second-order valence-corrected chi connectivity index (χ2v) is 4.19. The van der Waals surface area contributed by atoms with Gasteiger partial charge in [-0.3, -0.25) is 4.79 Å². The molecule has 0 radical (unpaired) electrons. The standard InChI is InChI=1S/C9H16N2O2/c1-8(12)10-2-3-11-4-9(5-11)6-13-7-9/h2-7H2,1H3,(H,10,12). The molecule has 2 saturated heterocycles. The molecule has 2 fully saturated rings. The van der Waals surface area contributed by atoms with Crippen LogP contribution in [0.15, 0.2) is 0 Å². The second kappa shape index (κ2) is 3.27. The summed E-state index contributed by atoms with van der Waals surface area (Å²) >= 11 is 0. The lowest BCUT2D eigenvalue weighted by molar-refractivity contribution is -0.188. The molecule has 2 aliphatic heterocycles. The Bertz CT molecular complexity index is 206. The molecule has 0 atom stereocenters. The van der Waals surface area contributed by atoms with Crippen molar-refractivity contribution in [1.29, 1.82) is 0 Å². The molecular weight excluding hydrogens is 168 g/mol. The zero-order valence-corrected chi connectivity index (χ0v) is 8.01. The molecule has 0 unspecified atom stereocenters. The Hall–Kier alpha value is -0.610. The van der Waals surface area contributed by atoms with Crippen LogP contribution in [0.2, 0.25) is 0 Å². The lowest BCUT2D eigenvalue weighted by atomic mass is 9.78. The summed E-state index contributed by atoms with van der Waals surface area (Å²) in [4.78, 5) is 12.9. The summed E-state index contributed by atoms with van der Waals surface area (Å²) in [5.74, 6) is 0.0576. The van der Waals surface area contributed by atoms with E-state index < -0.39 is 0 Å².